The van der Waals surface area contributed by atoms with E-state index in [4.69, 9.17) is 17.0 Å². The van der Waals surface area contributed by atoms with Gasteiger partial charge in [0.1, 0.15) is 5.75 Å². The first-order valence-electron chi connectivity index (χ1n) is 9.06. The number of benzene rings is 2. The zero-order valence-electron chi connectivity index (χ0n) is 16.2. The fraction of sp³-hybridized carbons (Fsp3) is 0.350. The SMILES string of the molecule is COc1ccc2c(c1)CCC[C@H]2NC(=S)Nc1cccc(N(C)S(C)(=O)=O)c1. The van der Waals surface area contributed by atoms with Crippen molar-refractivity contribution in [2.75, 3.05) is 30.0 Å². The molecule has 0 fully saturated rings. The van der Waals surface area contributed by atoms with Crippen molar-refractivity contribution in [3.05, 3.63) is 53.6 Å². The molecule has 1 atom stereocenters. The van der Waals surface area contributed by atoms with Crippen molar-refractivity contribution in [2.24, 2.45) is 0 Å². The number of fused-ring (bicyclic) bond motifs is 1. The second kappa shape index (κ2) is 8.36. The van der Waals surface area contributed by atoms with Crippen molar-refractivity contribution >= 4 is 38.7 Å². The lowest BCUT2D eigenvalue weighted by atomic mass is 9.87. The van der Waals surface area contributed by atoms with Crippen LogP contribution in [0, 0.1) is 0 Å². The highest BCUT2D eigenvalue weighted by molar-refractivity contribution is 7.92. The van der Waals surface area contributed by atoms with E-state index in [1.807, 2.05) is 12.1 Å². The minimum atomic E-state index is -3.32. The van der Waals surface area contributed by atoms with Gasteiger partial charge in [0.2, 0.25) is 10.0 Å². The third kappa shape index (κ3) is 4.74. The number of thiocarbonyl (C=S) groups is 1. The van der Waals surface area contributed by atoms with Gasteiger partial charge in [-0.1, -0.05) is 12.1 Å². The molecule has 28 heavy (non-hydrogen) atoms. The zero-order valence-corrected chi connectivity index (χ0v) is 17.9. The van der Waals surface area contributed by atoms with E-state index in [0.29, 0.717) is 10.8 Å². The summed E-state index contributed by atoms with van der Waals surface area (Å²) in [7, 11) is -0.115. The number of hydrogen-bond donors (Lipinski definition) is 2. The quantitative estimate of drug-likeness (QED) is 0.724. The summed E-state index contributed by atoms with van der Waals surface area (Å²) in [6.07, 6.45) is 4.28. The number of hydrogen-bond acceptors (Lipinski definition) is 4. The third-order valence-electron chi connectivity index (χ3n) is 4.93. The zero-order chi connectivity index (χ0) is 20.3. The number of nitrogens with one attached hydrogen (secondary N) is 2. The van der Waals surface area contributed by atoms with E-state index < -0.39 is 10.0 Å². The monoisotopic (exact) mass is 419 g/mol. The molecule has 3 rings (SSSR count). The molecule has 8 heteroatoms. The van der Waals surface area contributed by atoms with Gasteiger partial charge in [-0.05, 0) is 72.9 Å². The predicted octanol–water partition coefficient (Wildman–Crippen LogP) is 3.46. The summed E-state index contributed by atoms with van der Waals surface area (Å²) < 4.78 is 30.1. The van der Waals surface area contributed by atoms with Crippen LogP contribution in [0.1, 0.15) is 30.0 Å². The Morgan fingerprint density at radius 1 is 1.25 bits per heavy atom. The fourth-order valence-corrected chi connectivity index (χ4v) is 4.12. The first kappa shape index (κ1) is 20.4. The van der Waals surface area contributed by atoms with E-state index in [1.165, 1.54) is 28.7 Å². The number of sulfonamides is 1. The second-order valence-corrected chi connectivity index (χ2v) is 9.31. The van der Waals surface area contributed by atoms with Crippen LogP contribution in [-0.2, 0) is 16.4 Å². The highest BCUT2D eigenvalue weighted by Gasteiger charge is 2.21. The Bertz CT molecular complexity index is 976. The molecule has 0 amide bonds. The van der Waals surface area contributed by atoms with Gasteiger partial charge in [-0.3, -0.25) is 4.31 Å². The molecule has 0 spiro atoms. The first-order valence-corrected chi connectivity index (χ1v) is 11.3. The lowest BCUT2D eigenvalue weighted by Crippen LogP contribution is -2.34. The molecular weight excluding hydrogens is 394 g/mol. The Morgan fingerprint density at radius 2 is 2.04 bits per heavy atom. The summed E-state index contributed by atoms with van der Waals surface area (Å²) in [6, 6.07) is 13.4. The van der Waals surface area contributed by atoms with Gasteiger partial charge in [-0.15, -0.1) is 0 Å². The maximum atomic E-state index is 11.7. The molecule has 0 bridgehead atoms. The molecule has 1 aliphatic rings. The van der Waals surface area contributed by atoms with Crippen molar-refractivity contribution in [3.63, 3.8) is 0 Å². The van der Waals surface area contributed by atoms with E-state index >= 15 is 0 Å². The summed E-state index contributed by atoms with van der Waals surface area (Å²) in [6.45, 7) is 0. The van der Waals surface area contributed by atoms with E-state index in [1.54, 1.807) is 25.3 Å². The molecule has 0 saturated heterocycles. The largest absolute Gasteiger partial charge is 0.497 e. The van der Waals surface area contributed by atoms with Gasteiger partial charge in [0, 0.05) is 12.7 Å². The van der Waals surface area contributed by atoms with Crippen LogP contribution in [-0.4, -0.2) is 33.9 Å². The molecule has 2 aromatic rings. The number of rotatable bonds is 5. The van der Waals surface area contributed by atoms with E-state index in [0.717, 1.165) is 30.7 Å². The maximum Gasteiger partial charge on any atom is 0.231 e. The number of ether oxygens (including phenoxy) is 1. The molecule has 0 heterocycles. The fourth-order valence-electron chi connectivity index (χ4n) is 3.36. The molecule has 0 aliphatic heterocycles. The van der Waals surface area contributed by atoms with E-state index in [9.17, 15) is 8.42 Å². The summed E-state index contributed by atoms with van der Waals surface area (Å²) in [5.41, 5.74) is 3.83. The molecule has 2 aromatic carbocycles. The molecule has 150 valence electrons. The first-order chi connectivity index (χ1) is 13.3. The molecular formula is C20H25N3O3S2. The smallest absolute Gasteiger partial charge is 0.231 e. The van der Waals surface area contributed by atoms with Crippen LogP contribution >= 0.6 is 12.2 Å². The Kier molecular flexibility index (Phi) is 6.10. The average Bonchev–Trinajstić information content (AvgIpc) is 2.66. The van der Waals surface area contributed by atoms with Crippen LogP contribution in [0.25, 0.3) is 0 Å². The standard InChI is InChI=1S/C20H25N3O3S2/c1-23(28(3,24)25)16-8-5-7-15(13-16)21-20(27)22-19-9-4-6-14-12-17(26-2)10-11-18(14)19/h5,7-8,10-13,19H,4,6,9H2,1-3H3,(H2,21,22,27)/t19-/m1/s1. The van der Waals surface area contributed by atoms with E-state index in [-0.39, 0.29) is 6.04 Å². The molecule has 0 unspecified atom stereocenters. The number of aryl methyl sites for hydroxylation is 1. The highest BCUT2D eigenvalue weighted by atomic mass is 32.2. The number of methoxy groups -OCH3 is 1. The lowest BCUT2D eigenvalue weighted by molar-refractivity contribution is 0.412. The molecule has 6 nitrogen and oxygen atoms in total. The van der Waals surface area contributed by atoms with Crippen LogP contribution < -0.4 is 19.7 Å². The Balaban J connectivity index is 1.71. The normalized spacial score (nSPS) is 16.0. The highest BCUT2D eigenvalue weighted by Crippen LogP contribution is 2.32. The minimum Gasteiger partial charge on any atom is -0.497 e. The topological polar surface area (TPSA) is 70.7 Å². The van der Waals surface area contributed by atoms with Gasteiger partial charge in [-0.25, -0.2) is 8.42 Å². The summed E-state index contributed by atoms with van der Waals surface area (Å²) in [4.78, 5) is 0. The van der Waals surface area contributed by atoms with Gasteiger partial charge < -0.3 is 15.4 Å². The predicted molar refractivity (Wildman–Crippen MR) is 118 cm³/mol. The lowest BCUT2D eigenvalue weighted by Gasteiger charge is -2.28. The van der Waals surface area contributed by atoms with Crippen molar-refractivity contribution in [1.29, 1.82) is 0 Å². The van der Waals surface area contributed by atoms with Gasteiger partial charge >= 0.3 is 0 Å². The molecule has 2 N–H and O–H groups in total. The third-order valence-corrected chi connectivity index (χ3v) is 6.36. The summed E-state index contributed by atoms with van der Waals surface area (Å²) >= 11 is 5.50. The Hall–Kier alpha value is -2.32. The van der Waals surface area contributed by atoms with Crippen molar-refractivity contribution in [1.82, 2.24) is 5.32 Å². The van der Waals surface area contributed by atoms with Gasteiger partial charge in [0.05, 0.1) is 25.1 Å². The summed E-state index contributed by atoms with van der Waals surface area (Å²) in [5, 5.41) is 7.06. The minimum absolute atomic E-state index is 0.136. The van der Waals surface area contributed by atoms with Crippen molar-refractivity contribution in [2.45, 2.75) is 25.3 Å². The molecule has 0 saturated carbocycles. The van der Waals surface area contributed by atoms with Crippen LogP contribution in [0.2, 0.25) is 0 Å². The Morgan fingerprint density at radius 3 is 2.75 bits per heavy atom. The van der Waals surface area contributed by atoms with Crippen LogP contribution in [0.5, 0.6) is 5.75 Å². The van der Waals surface area contributed by atoms with Gasteiger partial charge in [0.15, 0.2) is 5.11 Å². The van der Waals surface area contributed by atoms with Gasteiger partial charge in [0.25, 0.3) is 0 Å². The molecule has 1 aliphatic carbocycles. The van der Waals surface area contributed by atoms with Gasteiger partial charge in [-0.2, -0.15) is 0 Å². The number of anilines is 2. The van der Waals surface area contributed by atoms with Crippen LogP contribution in [0.3, 0.4) is 0 Å². The average molecular weight is 420 g/mol. The van der Waals surface area contributed by atoms with E-state index in [2.05, 4.69) is 22.8 Å². The maximum absolute atomic E-state index is 11.7. The van der Waals surface area contributed by atoms with Crippen molar-refractivity contribution < 1.29 is 13.2 Å². The van der Waals surface area contributed by atoms with Crippen LogP contribution in [0.4, 0.5) is 11.4 Å². The molecule has 0 aromatic heterocycles. The Labute approximate surface area is 171 Å². The second-order valence-electron chi connectivity index (χ2n) is 6.89. The van der Waals surface area contributed by atoms with Crippen molar-refractivity contribution in [3.8, 4) is 5.75 Å². The van der Waals surface area contributed by atoms with Crippen LogP contribution in [0.15, 0.2) is 42.5 Å². The summed E-state index contributed by atoms with van der Waals surface area (Å²) in [5.74, 6) is 0.868. The molecule has 0 radical (unpaired) electrons. The number of nitrogens with zero attached hydrogens (tertiary/aromatic N) is 1.